The van der Waals surface area contributed by atoms with Crippen LogP contribution < -0.4 is 0 Å². The molecule has 0 spiro atoms. The highest BCUT2D eigenvalue weighted by Crippen LogP contribution is 2.43. The molecule has 0 radical (unpaired) electrons. The Labute approximate surface area is 296 Å². The van der Waals surface area contributed by atoms with Crippen LogP contribution in [-0.2, 0) is 0 Å². The van der Waals surface area contributed by atoms with E-state index >= 15 is 0 Å². The molecule has 0 unspecified atom stereocenters. The molecule has 3 heterocycles. The quantitative estimate of drug-likeness (QED) is 0.147. The van der Waals surface area contributed by atoms with Gasteiger partial charge in [-0.1, -0.05) is 115 Å². The normalized spacial score (nSPS) is 12.4. The van der Waals surface area contributed by atoms with Crippen LogP contribution in [0.4, 0.5) is 0 Å². The van der Waals surface area contributed by atoms with Crippen LogP contribution in [-0.4, -0.2) is 22.5 Å². The van der Waals surface area contributed by atoms with Crippen LogP contribution in [0, 0.1) is 5.41 Å². The molecule has 240 valence electrons. The van der Waals surface area contributed by atoms with E-state index in [9.17, 15) is 0 Å². The van der Waals surface area contributed by atoms with Crippen LogP contribution >= 0.6 is 11.3 Å². The average Bonchev–Trinajstić information content (AvgIpc) is 3.86. The maximum Gasteiger partial charge on any atom is 0.161 e. The van der Waals surface area contributed by atoms with Gasteiger partial charge in [0.05, 0.1) is 11.0 Å². The van der Waals surface area contributed by atoms with Gasteiger partial charge in [-0.25, -0.2) is 9.98 Å². The highest BCUT2D eigenvalue weighted by Gasteiger charge is 2.20. The molecule has 0 amide bonds. The van der Waals surface area contributed by atoms with Crippen molar-refractivity contribution >= 4 is 93.1 Å². The molecule has 0 fully saturated rings. The lowest BCUT2D eigenvalue weighted by Crippen LogP contribution is -2.04. The fourth-order valence-electron chi connectivity index (χ4n) is 7.27. The van der Waals surface area contributed by atoms with Gasteiger partial charge in [-0.2, -0.15) is 0 Å². The number of aromatic nitrogens is 1. The van der Waals surface area contributed by atoms with Crippen LogP contribution in [0.1, 0.15) is 16.7 Å². The van der Waals surface area contributed by atoms with E-state index in [-0.39, 0.29) is 5.84 Å². The summed E-state index contributed by atoms with van der Waals surface area (Å²) < 4.78 is 11.1. The first-order chi connectivity index (χ1) is 25.2. The Hall–Kier alpha value is -6.63. The second kappa shape index (κ2) is 11.8. The van der Waals surface area contributed by atoms with Gasteiger partial charge in [0.15, 0.2) is 11.7 Å². The van der Waals surface area contributed by atoms with Gasteiger partial charge in [-0.05, 0) is 42.5 Å². The second-order valence-corrected chi connectivity index (χ2v) is 13.6. The molecule has 10 rings (SSSR count). The minimum absolute atomic E-state index is 0.163. The zero-order chi connectivity index (χ0) is 33.9. The first-order valence-corrected chi connectivity index (χ1v) is 17.6. The third-order valence-corrected chi connectivity index (χ3v) is 10.8. The number of nitrogens with one attached hydrogen (secondary N) is 1. The molecule has 0 bridgehead atoms. The topological polar surface area (TPSA) is 66.6 Å². The zero-order valence-corrected chi connectivity index (χ0v) is 28.1. The third-order valence-electron chi connectivity index (χ3n) is 9.55. The van der Waals surface area contributed by atoms with Gasteiger partial charge in [-0.3, -0.25) is 5.41 Å². The molecule has 51 heavy (non-hydrogen) atoms. The van der Waals surface area contributed by atoms with Crippen LogP contribution in [0.3, 0.4) is 0 Å². The zero-order valence-electron chi connectivity index (χ0n) is 27.2. The maximum absolute atomic E-state index is 8.81. The predicted molar refractivity (Wildman–Crippen MR) is 215 cm³/mol. The van der Waals surface area contributed by atoms with E-state index < -0.39 is 0 Å². The summed E-state index contributed by atoms with van der Waals surface area (Å²) in [5.41, 5.74) is 7.61. The Kier molecular flexibility index (Phi) is 6.76. The lowest BCUT2D eigenvalue weighted by atomic mass is 10.1. The van der Waals surface area contributed by atoms with Crippen molar-refractivity contribution in [3.05, 3.63) is 174 Å². The molecule has 0 atom stereocenters. The second-order valence-electron chi connectivity index (χ2n) is 12.6. The van der Waals surface area contributed by atoms with E-state index in [2.05, 4.69) is 89.5 Å². The molecule has 6 heteroatoms. The maximum atomic E-state index is 8.81. The lowest BCUT2D eigenvalue weighted by molar-refractivity contribution is 0.669. The van der Waals surface area contributed by atoms with Crippen molar-refractivity contribution in [2.75, 3.05) is 0 Å². The Bertz CT molecular complexity index is 3040. The van der Waals surface area contributed by atoms with Gasteiger partial charge in [0, 0.05) is 70.3 Å². The molecule has 0 aliphatic carbocycles. The fraction of sp³-hybridized carbons (Fsp3) is 0. The fourth-order valence-corrected chi connectivity index (χ4v) is 8.43. The minimum atomic E-state index is 0.163. The van der Waals surface area contributed by atoms with Crippen molar-refractivity contribution in [1.82, 2.24) is 4.57 Å². The predicted octanol–water partition coefficient (Wildman–Crippen LogP) is 11.9. The Morgan fingerprint density at radius 2 is 1.27 bits per heavy atom. The number of amidine groups is 2. The van der Waals surface area contributed by atoms with Gasteiger partial charge in [0.2, 0.25) is 0 Å². The van der Waals surface area contributed by atoms with Crippen molar-refractivity contribution in [2.45, 2.75) is 0 Å². The molecule has 0 aliphatic heterocycles. The summed E-state index contributed by atoms with van der Waals surface area (Å²) in [5, 5.41) is 15.8. The number of rotatable bonds is 4. The van der Waals surface area contributed by atoms with Crippen molar-refractivity contribution in [1.29, 1.82) is 5.41 Å². The molecule has 0 saturated heterocycles. The van der Waals surface area contributed by atoms with Crippen molar-refractivity contribution in [2.24, 2.45) is 9.98 Å². The number of fused-ring (bicyclic) bond motifs is 10. The van der Waals surface area contributed by atoms with Crippen LogP contribution in [0.15, 0.2) is 172 Å². The van der Waals surface area contributed by atoms with Crippen LogP contribution in [0.2, 0.25) is 0 Å². The minimum Gasteiger partial charge on any atom is -0.456 e. The smallest absolute Gasteiger partial charge is 0.161 e. The standard InChI is InChI=1S/C45H28N4OS/c46-44(28-13-3-1-4-14-28)48-45(29-15-5-2-6-16-29)47-27-30-25-31(26-35-32-17-9-12-22-40(32)51-43(30)35)49-36-20-10-7-18-33(36)41-37(49)23-24-39-42(41)34-19-8-11-21-38(34)50-39/h1-27,46H. The number of para-hydroxylation sites is 2. The molecule has 5 nitrogen and oxygen atoms in total. The van der Waals surface area contributed by atoms with Gasteiger partial charge in [0.25, 0.3) is 0 Å². The molecule has 7 aromatic carbocycles. The summed E-state index contributed by atoms with van der Waals surface area (Å²) in [6, 6.07) is 53.8. The van der Waals surface area contributed by atoms with Crippen molar-refractivity contribution in [3.8, 4) is 5.69 Å². The average molecular weight is 673 g/mol. The third kappa shape index (κ3) is 4.80. The number of nitrogens with zero attached hydrogens (tertiary/aromatic N) is 3. The lowest BCUT2D eigenvalue weighted by Gasteiger charge is -2.11. The highest BCUT2D eigenvalue weighted by atomic mass is 32.1. The monoisotopic (exact) mass is 672 g/mol. The van der Waals surface area contributed by atoms with Crippen molar-refractivity contribution in [3.63, 3.8) is 0 Å². The number of aliphatic imine (C=N–C) groups is 2. The number of furan rings is 1. The van der Waals surface area contributed by atoms with E-state index in [0.717, 1.165) is 60.0 Å². The number of benzene rings is 7. The van der Waals surface area contributed by atoms with Gasteiger partial charge in [0.1, 0.15) is 11.2 Å². The summed E-state index contributed by atoms with van der Waals surface area (Å²) in [6.45, 7) is 0. The van der Waals surface area contributed by atoms with Crippen molar-refractivity contribution < 1.29 is 4.42 Å². The van der Waals surface area contributed by atoms with Gasteiger partial charge >= 0.3 is 0 Å². The first-order valence-electron chi connectivity index (χ1n) is 16.8. The summed E-state index contributed by atoms with van der Waals surface area (Å²) >= 11 is 1.77. The molecule has 0 aliphatic rings. The van der Waals surface area contributed by atoms with Crippen LogP contribution in [0.25, 0.3) is 69.6 Å². The Balaban J connectivity index is 1.23. The van der Waals surface area contributed by atoms with Gasteiger partial charge in [-0.15, -0.1) is 11.3 Å². The molecular weight excluding hydrogens is 645 g/mol. The number of hydrogen-bond donors (Lipinski definition) is 1. The van der Waals surface area contributed by atoms with E-state index in [1.807, 2.05) is 79.0 Å². The molecule has 10 aromatic rings. The van der Waals surface area contributed by atoms with E-state index in [1.165, 1.54) is 26.2 Å². The molecule has 0 saturated carbocycles. The molecule has 1 N–H and O–H groups in total. The number of thiophene rings is 1. The summed E-state index contributed by atoms with van der Waals surface area (Å²) in [7, 11) is 0. The largest absolute Gasteiger partial charge is 0.456 e. The van der Waals surface area contributed by atoms with Crippen LogP contribution in [0.5, 0.6) is 0 Å². The summed E-state index contributed by atoms with van der Waals surface area (Å²) in [5.74, 6) is 0.644. The van der Waals surface area contributed by atoms with E-state index in [1.54, 1.807) is 11.3 Å². The van der Waals surface area contributed by atoms with E-state index in [4.69, 9.17) is 19.8 Å². The SMILES string of the molecule is N=C(N=C(N=Cc1cc(-n2c3ccccc3c3c4c(ccc32)oc2ccccc24)cc2c1sc1ccccc12)c1ccccc1)c1ccccc1. The number of hydrogen-bond acceptors (Lipinski definition) is 3. The van der Waals surface area contributed by atoms with Gasteiger partial charge < -0.3 is 8.98 Å². The van der Waals surface area contributed by atoms with E-state index in [0.29, 0.717) is 5.84 Å². The summed E-state index contributed by atoms with van der Waals surface area (Å²) in [6.07, 6.45) is 1.92. The highest BCUT2D eigenvalue weighted by molar-refractivity contribution is 7.26. The Morgan fingerprint density at radius 3 is 2.10 bits per heavy atom. The Morgan fingerprint density at radius 1 is 0.588 bits per heavy atom. The molecular formula is C45H28N4OS. The summed E-state index contributed by atoms with van der Waals surface area (Å²) in [4.78, 5) is 9.78. The first kappa shape index (κ1) is 29.3. The molecule has 3 aromatic heterocycles.